The molecule has 0 amide bonds. The molecule has 1 fully saturated rings. The van der Waals surface area contributed by atoms with E-state index in [1.807, 2.05) is 12.1 Å². The van der Waals surface area contributed by atoms with E-state index in [0.29, 0.717) is 11.6 Å². The van der Waals surface area contributed by atoms with Crippen LogP contribution in [0.25, 0.3) is 5.69 Å². The summed E-state index contributed by atoms with van der Waals surface area (Å²) in [5.41, 5.74) is 1.15. The van der Waals surface area contributed by atoms with E-state index < -0.39 is 27.4 Å². The van der Waals surface area contributed by atoms with Gasteiger partial charge >= 0.3 is 5.97 Å². The van der Waals surface area contributed by atoms with E-state index in [4.69, 9.17) is 9.84 Å². The van der Waals surface area contributed by atoms with Gasteiger partial charge in [0.1, 0.15) is 16.5 Å². The van der Waals surface area contributed by atoms with Crippen molar-refractivity contribution in [2.45, 2.75) is 50.3 Å². The van der Waals surface area contributed by atoms with Gasteiger partial charge in [0.05, 0.1) is 36.4 Å². The molecule has 0 bridgehead atoms. The summed E-state index contributed by atoms with van der Waals surface area (Å²) < 4.78 is 48.8. The number of carboxylic acids is 1. The molecule has 0 spiro atoms. The van der Waals surface area contributed by atoms with Gasteiger partial charge in [0, 0.05) is 6.07 Å². The molecule has 0 radical (unpaired) electrons. The van der Waals surface area contributed by atoms with Crippen LogP contribution in [-0.4, -0.2) is 36.4 Å². The molecule has 192 valence electrons. The Morgan fingerprint density at radius 2 is 1.83 bits per heavy atom. The fourth-order valence-corrected chi connectivity index (χ4v) is 5.77. The minimum absolute atomic E-state index is 0.122. The first-order chi connectivity index (χ1) is 17.1. The molecule has 1 heterocycles. The fourth-order valence-electron chi connectivity index (χ4n) is 4.77. The molecule has 0 unspecified atom stereocenters. The van der Waals surface area contributed by atoms with Crippen molar-refractivity contribution in [3.05, 3.63) is 65.7 Å². The Balaban J connectivity index is 1.50. The van der Waals surface area contributed by atoms with Crippen LogP contribution in [-0.2, 0) is 10.0 Å². The van der Waals surface area contributed by atoms with Crippen LogP contribution in [0.5, 0.6) is 5.75 Å². The van der Waals surface area contributed by atoms with Gasteiger partial charge in [-0.3, -0.25) is 4.72 Å². The first-order valence-electron chi connectivity index (χ1n) is 11.9. The van der Waals surface area contributed by atoms with E-state index in [1.54, 1.807) is 0 Å². The van der Waals surface area contributed by atoms with Crippen molar-refractivity contribution < 1.29 is 27.4 Å². The number of ether oxygens (including phenoxy) is 1. The second-order valence-electron chi connectivity index (χ2n) is 9.51. The topological polar surface area (TPSA) is 111 Å². The molecule has 0 atom stereocenters. The minimum Gasteiger partial charge on any atom is -0.495 e. The third-order valence-electron chi connectivity index (χ3n) is 6.98. The second kappa shape index (κ2) is 10.3. The number of methoxy groups -OCH3 is 1. The molecule has 10 heteroatoms. The van der Waals surface area contributed by atoms with Gasteiger partial charge in [0.15, 0.2) is 0 Å². The predicted octanol–water partition coefficient (Wildman–Crippen LogP) is 5.45. The van der Waals surface area contributed by atoms with Gasteiger partial charge in [-0.2, -0.15) is 5.10 Å². The molecule has 36 heavy (non-hydrogen) atoms. The van der Waals surface area contributed by atoms with Crippen molar-refractivity contribution >= 4 is 21.7 Å². The number of hydrogen-bond acceptors (Lipinski definition) is 5. The van der Waals surface area contributed by atoms with Crippen molar-refractivity contribution in [1.29, 1.82) is 0 Å². The number of anilines is 1. The van der Waals surface area contributed by atoms with Crippen LogP contribution in [0.3, 0.4) is 0 Å². The molecule has 0 saturated heterocycles. The number of hydrogen-bond donors (Lipinski definition) is 2. The highest BCUT2D eigenvalue weighted by Gasteiger charge is 2.25. The monoisotopic (exact) mass is 515 g/mol. The summed E-state index contributed by atoms with van der Waals surface area (Å²) in [6.45, 7) is 4.58. The van der Waals surface area contributed by atoms with Crippen LogP contribution in [0.2, 0.25) is 0 Å². The lowest BCUT2D eigenvalue weighted by Crippen LogP contribution is -2.17. The highest BCUT2D eigenvalue weighted by Crippen LogP contribution is 2.38. The summed E-state index contributed by atoms with van der Waals surface area (Å²) in [4.78, 5) is 11.0. The molecular weight excluding hydrogens is 485 g/mol. The molecular formula is C26H30FN3O5S. The zero-order chi connectivity index (χ0) is 26.0. The largest absolute Gasteiger partial charge is 0.495 e. The van der Waals surface area contributed by atoms with Crippen LogP contribution >= 0.6 is 0 Å². The maximum atomic E-state index is 14.2. The third kappa shape index (κ3) is 5.38. The van der Waals surface area contributed by atoms with E-state index in [0.717, 1.165) is 24.0 Å². The van der Waals surface area contributed by atoms with Gasteiger partial charge in [-0.15, -0.1) is 0 Å². The Morgan fingerprint density at radius 1 is 1.17 bits per heavy atom. The number of carboxylic acid groups (broad SMARTS) is 1. The lowest BCUT2D eigenvalue weighted by atomic mass is 9.75. The SMILES string of the molecule is COc1cc(C(=O)O)c(F)cc1NS(=O)(=O)c1cnn(-c2ccc([C@H]3CC[C@H](C(C)C)CC3)cc2)c1. The first-order valence-corrected chi connectivity index (χ1v) is 13.4. The number of aromatic nitrogens is 2. The summed E-state index contributed by atoms with van der Waals surface area (Å²) in [5.74, 6) is -0.648. The Bertz CT molecular complexity index is 1340. The average molecular weight is 516 g/mol. The Morgan fingerprint density at radius 3 is 2.42 bits per heavy atom. The number of halogens is 1. The van der Waals surface area contributed by atoms with Crippen LogP contribution in [0.4, 0.5) is 10.1 Å². The van der Waals surface area contributed by atoms with Crippen LogP contribution in [0.1, 0.15) is 61.4 Å². The van der Waals surface area contributed by atoms with E-state index in [-0.39, 0.29) is 16.3 Å². The number of nitrogens with one attached hydrogen (secondary N) is 1. The van der Waals surface area contributed by atoms with Crippen LogP contribution < -0.4 is 9.46 Å². The lowest BCUT2D eigenvalue weighted by Gasteiger charge is -2.31. The zero-order valence-electron chi connectivity index (χ0n) is 20.4. The highest BCUT2D eigenvalue weighted by molar-refractivity contribution is 7.92. The molecule has 2 aromatic carbocycles. The quantitative estimate of drug-likeness (QED) is 0.413. The standard InChI is InChI=1S/C26H30FN3O5S/c1-16(2)17-4-6-18(7-5-17)19-8-10-20(11-9-19)30-15-21(14-28-30)36(33,34)29-24-13-23(27)22(26(31)32)12-25(24)35-3/h8-18,29H,4-7H2,1-3H3,(H,31,32)/t17-,18-. The molecule has 2 N–H and O–H groups in total. The van der Waals surface area contributed by atoms with Gasteiger partial charge in [-0.1, -0.05) is 26.0 Å². The maximum absolute atomic E-state index is 14.2. The maximum Gasteiger partial charge on any atom is 0.338 e. The molecule has 1 aliphatic carbocycles. The number of sulfonamides is 1. The summed E-state index contributed by atoms with van der Waals surface area (Å²) in [7, 11) is -2.92. The normalized spacial score (nSPS) is 18.2. The molecule has 1 aromatic heterocycles. The van der Waals surface area contributed by atoms with E-state index in [1.165, 1.54) is 55.4 Å². The molecule has 1 aliphatic rings. The van der Waals surface area contributed by atoms with Crippen molar-refractivity contribution in [2.75, 3.05) is 11.8 Å². The summed E-state index contributed by atoms with van der Waals surface area (Å²) in [6.07, 6.45) is 7.39. The van der Waals surface area contributed by atoms with Gasteiger partial charge in [0.25, 0.3) is 10.0 Å². The van der Waals surface area contributed by atoms with Crippen molar-refractivity contribution in [1.82, 2.24) is 9.78 Å². The van der Waals surface area contributed by atoms with Gasteiger partial charge in [-0.25, -0.2) is 22.3 Å². The van der Waals surface area contributed by atoms with Crippen molar-refractivity contribution in [3.63, 3.8) is 0 Å². The summed E-state index contributed by atoms with van der Waals surface area (Å²) in [5, 5.41) is 13.3. The molecule has 8 nitrogen and oxygen atoms in total. The number of nitrogens with zero attached hydrogens (tertiary/aromatic N) is 2. The fraction of sp³-hybridized carbons (Fsp3) is 0.385. The van der Waals surface area contributed by atoms with Gasteiger partial charge in [-0.05, 0) is 67.2 Å². The van der Waals surface area contributed by atoms with Gasteiger partial charge in [0.2, 0.25) is 0 Å². The van der Waals surface area contributed by atoms with Crippen LogP contribution in [0, 0.1) is 17.7 Å². The van der Waals surface area contributed by atoms with E-state index >= 15 is 0 Å². The smallest absolute Gasteiger partial charge is 0.338 e. The van der Waals surface area contributed by atoms with Crippen LogP contribution in [0.15, 0.2) is 53.7 Å². The molecule has 0 aliphatic heterocycles. The lowest BCUT2D eigenvalue weighted by molar-refractivity contribution is 0.0691. The molecule has 4 rings (SSSR count). The first kappa shape index (κ1) is 25.7. The third-order valence-corrected chi connectivity index (χ3v) is 8.30. The van der Waals surface area contributed by atoms with Crippen molar-refractivity contribution in [3.8, 4) is 11.4 Å². The average Bonchev–Trinajstić information content (AvgIpc) is 3.35. The Hall–Kier alpha value is -3.40. The molecule has 1 saturated carbocycles. The summed E-state index contributed by atoms with van der Waals surface area (Å²) in [6, 6.07) is 9.68. The predicted molar refractivity (Wildman–Crippen MR) is 134 cm³/mol. The van der Waals surface area contributed by atoms with Crippen molar-refractivity contribution in [2.24, 2.45) is 11.8 Å². The minimum atomic E-state index is -4.15. The highest BCUT2D eigenvalue weighted by atomic mass is 32.2. The van der Waals surface area contributed by atoms with E-state index in [2.05, 4.69) is 35.8 Å². The van der Waals surface area contributed by atoms with E-state index in [9.17, 15) is 17.6 Å². The number of benzene rings is 2. The summed E-state index contributed by atoms with van der Waals surface area (Å²) >= 11 is 0. The number of rotatable bonds is 8. The molecule has 3 aromatic rings. The second-order valence-corrected chi connectivity index (χ2v) is 11.2. The van der Waals surface area contributed by atoms with Gasteiger partial charge < -0.3 is 9.84 Å². The number of aromatic carboxylic acids is 1. The zero-order valence-corrected chi connectivity index (χ0v) is 21.3. The number of carbonyl (C=O) groups is 1. The Kier molecular flexibility index (Phi) is 7.35. The Labute approximate surface area is 210 Å².